The Morgan fingerprint density at radius 1 is 1.03 bits per heavy atom. The van der Waals surface area contributed by atoms with Crippen LogP contribution in [0, 0.1) is 12.7 Å². The van der Waals surface area contributed by atoms with Gasteiger partial charge in [0, 0.05) is 12.0 Å². The third-order valence-electron chi connectivity index (χ3n) is 5.24. The summed E-state index contributed by atoms with van der Waals surface area (Å²) in [6.07, 6.45) is 0.0435. The molecule has 1 atom stereocenters. The molecule has 0 aromatic heterocycles. The second-order valence-electron chi connectivity index (χ2n) is 7.25. The number of sulfonamides is 1. The van der Waals surface area contributed by atoms with Crippen LogP contribution in [0.5, 0.6) is 0 Å². The minimum absolute atomic E-state index is 0.0435. The average molecular weight is 535 g/mol. The number of anilines is 1. The minimum Gasteiger partial charge on any atom is -0.299 e. The Kier molecular flexibility index (Phi) is 5.67. The lowest BCUT2D eigenvalue weighted by Gasteiger charge is -2.39. The van der Waals surface area contributed by atoms with E-state index in [0.29, 0.717) is 16.8 Å². The van der Waals surface area contributed by atoms with E-state index in [1.54, 1.807) is 30.3 Å². The van der Waals surface area contributed by atoms with Crippen LogP contribution in [0.15, 0.2) is 71.6 Å². The van der Waals surface area contributed by atoms with Crippen LogP contribution >= 0.6 is 22.6 Å². The highest BCUT2D eigenvalue weighted by Crippen LogP contribution is 2.48. The molecular weight excluding hydrogens is 516 g/mol. The number of hydrogen-bond acceptors (Lipinski definition) is 3. The number of aryl methyl sites for hydroxylation is 1. The van der Waals surface area contributed by atoms with E-state index in [1.807, 2.05) is 47.7 Å². The maximum atomic E-state index is 14.1. The lowest BCUT2D eigenvalue weighted by molar-refractivity contribution is -0.116. The number of carbonyl (C=O) groups excluding carboxylic acids is 1. The van der Waals surface area contributed by atoms with Crippen molar-refractivity contribution in [3.8, 4) is 11.1 Å². The third-order valence-corrected chi connectivity index (χ3v) is 7.92. The zero-order valence-corrected chi connectivity index (χ0v) is 19.2. The van der Waals surface area contributed by atoms with Crippen molar-refractivity contribution in [3.05, 3.63) is 83.7 Å². The van der Waals surface area contributed by atoms with E-state index in [2.05, 4.69) is 0 Å². The van der Waals surface area contributed by atoms with Gasteiger partial charge in [-0.15, -0.1) is 0 Å². The van der Waals surface area contributed by atoms with Crippen LogP contribution in [0.2, 0.25) is 0 Å². The summed E-state index contributed by atoms with van der Waals surface area (Å²) in [5.41, 5.74) is 3.26. The predicted molar refractivity (Wildman–Crippen MR) is 124 cm³/mol. The molecule has 0 aliphatic carbocycles. The summed E-state index contributed by atoms with van der Waals surface area (Å²) in [6.45, 7) is 1.88. The molecule has 1 aliphatic heterocycles. The van der Waals surface area contributed by atoms with Crippen molar-refractivity contribution in [1.82, 2.24) is 0 Å². The van der Waals surface area contributed by atoms with Crippen LogP contribution < -0.4 is 4.31 Å². The first kappa shape index (κ1) is 21.0. The van der Waals surface area contributed by atoms with Crippen LogP contribution in [0.3, 0.4) is 0 Å². The second-order valence-corrected chi connectivity index (χ2v) is 9.83. The number of Topliss-reactive ketones (excluding diaryl/α,β-unsaturated/α-hetero) is 1. The Hall–Kier alpha value is -2.26. The summed E-state index contributed by atoms with van der Waals surface area (Å²) < 4.78 is 43.2. The van der Waals surface area contributed by atoms with Crippen molar-refractivity contribution in [2.45, 2.75) is 24.3 Å². The lowest BCUT2D eigenvalue weighted by atomic mass is 9.87. The quantitative estimate of drug-likeness (QED) is 0.323. The molecule has 1 aliphatic rings. The van der Waals surface area contributed by atoms with Crippen molar-refractivity contribution in [1.29, 1.82) is 0 Å². The van der Waals surface area contributed by atoms with Gasteiger partial charge in [0.1, 0.15) is 11.6 Å². The number of nitrogens with zero attached hydrogens (tertiary/aromatic N) is 1. The molecule has 0 amide bonds. The topological polar surface area (TPSA) is 54.5 Å². The Bertz CT molecular complexity index is 1230. The molecule has 1 heterocycles. The van der Waals surface area contributed by atoms with Gasteiger partial charge in [-0.25, -0.2) is 12.8 Å². The monoisotopic (exact) mass is 535 g/mol. The van der Waals surface area contributed by atoms with Crippen LogP contribution in [-0.2, 0) is 14.8 Å². The standard InChI is InChI=1S/C23H19FINO3S/c1-15-6-9-18(10-7-15)30(28,29)26-22-11-8-16(24)12-21(22)19-4-2-3-5-20(19)23(26)13-17(27)14-25/h2-12,23H,13-14H2,1H3. The fraction of sp³-hybridized carbons (Fsp3) is 0.174. The van der Waals surface area contributed by atoms with Gasteiger partial charge >= 0.3 is 0 Å². The largest absolute Gasteiger partial charge is 0.299 e. The molecule has 0 fully saturated rings. The third kappa shape index (κ3) is 3.65. The molecular formula is C23H19FINO3S. The maximum absolute atomic E-state index is 14.1. The van der Waals surface area contributed by atoms with E-state index in [9.17, 15) is 17.6 Å². The summed E-state index contributed by atoms with van der Waals surface area (Å²) in [6, 6.07) is 17.3. The molecule has 4 rings (SSSR count). The summed E-state index contributed by atoms with van der Waals surface area (Å²) in [5, 5.41) is 0. The summed E-state index contributed by atoms with van der Waals surface area (Å²) in [5.74, 6) is -0.497. The average Bonchev–Trinajstić information content (AvgIpc) is 2.74. The summed E-state index contributed by atoms with van der Waals surface area (Å²) >= 11 is 1.99. The fourth-order valence-electron chi connectivity index (χ4n) is 3.83. The van der Waals surface area contributed by atoms with Crippen molar-refractivity contribution in [2.75, 3.05) is 8.73 Å². The molecule has 0 N–H and O–H groups in total. The zero-order valence-electron chi connectivity index (χ0n) is 16.2. The fourth-order valence-corrected chi connectivity index (χ4v) is 5.79. The van der Waals surface area contributed by atoms with Crippen molar-refractivity contribution < 1.29 is 17.6 Å². The summed E-state index contributed by atoms with van der Waals surface area (Å²) in [7, 11) is -3.99. The first-order valence-electron chi connectivity index (χ1n) is 9.40. The van der Waals surface area contributed by atoms with Crippen LogP contribution in [0.4, 0.5) is 10.1 Å². The number of alkyl halides is 1. The first-order valence-corrected chi connectivity index (χ1v) is 12.4. The lowest BCUT2D eigenvalue weighted by Crippen LogP contribution is -2.39. The zero-order chi connectivity index (χ0) is 21.5. The van der Waals surface area contributed by atoms with E-state index in [-0.39, 0.29) is 21.5 Å². The number of ketones is 1. The van der Waals surface area contributed by atoms with Crippen LogP contribution in [0.25, 0.3) is 11.1 Å². The molecule has 3 aromatic carbocycles. The van der Waals surface area contributed by atoms with Gasteiger partial charge < -0.3 is 0 Å². The highest BCUT2D eigenvalue weighted by molar-refractivity contribution is 14.1. The van der Waals surface area contributed by atoms with Gasteiger partial charge in [-0.1, -0.05) is 64.6 Å². The van der Waals surface area contributed by atoms with Gasteiger partial charge in [0.05, 0.1) is 21.1 Å². The van der Waals surface area contributed by atoms with E-state index in [4.69, 9.17) is 0 Å². The molecule has 4 nitrogen and oxygen atoms in total. The van der Waals surface area contributed by atoms with Crippen LogP contribution in [0.1, 0.15) is 23.6 Å². The Morgan fingerprint density at radius 3 is 2.43 bits per heavy atom. The molecule has 154 valence electrons. The highest BCUT2D eigenvalue weighted by Gasteiger charge is 2.39. The Balaban J connectivity index is 1.98. The van der Waals surface area contributed by atoms with Gasteiger partial charge in [-0.2, -0.15) is 0 Å². The highest BCUT2D eigenvalue weighted by atomic mass is 127. The summed E-state index contributed by atoms with van der Waals surface area (Å²) in [4.78, 5) is 12.6. The number of hydrogen-bond donors (Lipinski definition) is 0. The van der Waals surface area contributed by atoms with Crippen LogP contribution in [-0.4, -0.2) is 18.6 Å². The van der Waals surface area contributed by atoms with Gasteiger partial charge in [0.15, 0.2) is 0 Å². The number of carbonyl (C=O) groups is 1. The van der Waals surface area contributed by atoms with Gasteiger partial charge in [-0.3, -0.25) is 9.10 Å². The number of halogens is 2. The predicted octanol–water partition coefficient (Wildman–Crippen LogP) is 5.45. The van der Waals surface area contributed by atoms with E-state index >= 15 is 0 Å². The minimum atomic E-state index is -3.99. The van der Waals surface area contributed by atoms with Gasteiger partial charge in [0.25, 0.3) is 10.0 Å². The van der Waals surface area contributed by atoms with Crippen molar-refractivity contribution >= 4 is 44.1 Å². The van der Waals surface area contributed by atoms with E-state index in [1.165, 1.54) is 22.5 Å². The molecule has 0 bridgehead atoms. The van der Waals surface area contributed by atoms with Crippen molar-refractivity contribution in [3.63, 3.8) is 0 Å². The van der Waals surface area contributed by atoms with E-state index in [0.717, 1.165) is 11.1 Å². The van der Waals surface area contributed by atoms with Gasteiger partial charge in [0.2, 0.25) is 0 Å². The van der Waals surface area contributed by atoms with Gasteiger partial charge in [-0.05, 0) is 48.4 Å². The maximum Gasteiger partial charge on any atom is 0.264 e. The number of benzene rings is 3. The molecule has 0 spiro atoms. The first-order chi connectivity index (χ1) is 14.3. The normalized spacial score (nSPS) is 15.4. The molecule has 30 heavy (non-hydrogen) atoms. The SMILES string of the molecule is Cc1ccc(S(=O)(=O)N2c3ccc(F)cc3-c3ccccc3C2CC(=O)CI)cc1. The molecule has 0 saturated heterocycles. The Morgan fingerprint density at radius 2 is 1.73 bits per heavy atom. The molecule has 1 unspecified atom stereocenters. The molecule has 7 heteroatoms. The molecule has 0 radical (unpaired) electrons. The Labute approximate surface area is 188 Å². The number of rotatable bonds is 5. The van der Waals surface area contributed by atoms with E-state index < -0.39 is 21.9 Å². The second kappa shape index (κ2) is 8.11. The number of fused-ring (bicyclic) bond motifs is 3. The molecule has 0 saturated carbocycles. The molecule has 3 aromatic rings. The smallest absolute Gasteiger partial charge is 0.264 e. The van der Waals surface area contributed by atoms with Crippen molar-refractivity contribution in [2.24, 2.45) is 0 Å².